The number of hydrazine groups is 1. The van der Waals surface area contributed by atoms with Gasteiger partial charge in [0.15, 0.2) is 6.61 Å². The van der Waals surface area contributed by atoms with Gasteiger partial charge in [0.25, 0.3) is 5.91 Å². The minimum Gasteiger partial charge on any atom is -0.482 e. The Balaban J connectivity index is 1.96. The molecule has 2 rings (SSSR count). The van der Waals surface area contributed by atoms with E-state index in [9.17, 15) is 14.9 Å². The monoisotopic (exact) mass is 444 g/mol. The molecule has 29 heavy (non-hydrogen) atoms. The number of methoxy groups -OCH3 is 1. The first-order chi connectivity index (χ1) is 13.9. The Hall–Kier alpha value is -2.89. The van der Waals surface area contributed by atoms with E-state index in [-0.39, 0.29) is 22.4 Å². The summed E-state index contributed by atoms with van der Waals surface area (Å²) in [6.45, 7) is 0.507. The van der Waals surface area contributed by atoms with Gasteiger partial charge < -0.3 is 14.8 Å². The number of amides is 1. The van der Waals surface area contributed by atoms with E-state index in [0.717, 1.165) is 6.33 Å². The van der Waals surface area contributed by atoms with E-state index in [1.807, 2.05) is 0 Å². The van der Waals surface area contributed by atoms with Gasteiger partial charge in [-0.25, -0.2) is 9.97 Å². The summed E-state index contributed by atoms with van der Waals surface area (Å²) in [5.74, 6) is -0.514. The molecule has 3 N–H and O–H groups in total. The molecular weight excluding hydrogens is 427 g/mol. The molecule has 0 bridgehead atoms. The Kier molecular flexibility index (Phi) is 8.65. The van der Waals surface area contributed by atoms with Gasteiger partial charge in [-0.1, -0.05) is 23.2 Å². The molecule has 0 aliphatic carbocycles. The molecule has 0 aliphatic heterocycles. The lowest BCUT2D eigenvalue weighted by molar-refractivity contribution is -0.383. The van der Waals surface area contributed by atoms with Gasteiger partial charge in [0.05, 0.1) is 9.95 Å². The van der Waals surface area contributed by atoms with Crippen molar-refractivity contribution in [2.75, 3.05) is 37.6 Å². The van der Waals surface area contributed by atoms with Crippen molar-refractivity contribution < 1.29 is 19.2 Å². The topological polar surface area (TPSA) is 141 Å². The van der Waals surface area contributed by atoms with E-state index in [4.69, 9.17) is 32.7 Å². The molecule has 156 valence electrons. The molecule has 1 aromatic carbocycles. The number of aromatic nitrogens is 2. The van der Waals surface area contributed by atoms with Gasteiger partial charge >= 0.3 is 5.69 Å². The van der Waals surface area contributed by atoms with Crippen LogP contribution in [0.3, 0.4) is 0 Å². The molecule has 0 atom stereocenters. The van der Waals surface area contributed by atoms with Crippen LogP contribution in [0.1, 0.15) is 6.42 Å². The standard InChI is InChI=1S/C16H18Cl2N6O5/c1-28-6-2-5-19-15-14(24(26)27)16(21-9-20-15)23-22-13(25)8-29-12-4-3-10(17)7-11(12)18/h3-4,7,9H,2,5-6,8H2,1H3,(H,22,25)(H2,19,20,21,23). The second-order valence-electron chi connectivity index (χ2n) is 5.49. The molecule has 0 radical (unpaired) electrons. The van der Waals surface area contributed by atoms with Gasteiger partial charge in [0.2, 0.25) is 11.6 Å². The van der Waals surface area contributed by atoms with Gasteiger partial charge in [0, 0.05) is 25.3 Å². The van der Waals surface area contributed by atoms with Crippen molar-refractivity contribution in [3.63, 3.8) is 0 Å². The van der Waals surface area contributed by atoms with E-state index in [2.05, 4.69) is 26.1 Å². The van der Waals surface area contributed by atoms with E-state index in [1.54, 1.807) is 13.2 Å². The fraction of sp³-hybridized carbons (Fsp3) is 0.312. The van der Waals surface area contributed by atoms with Crippen LogP contribution >= 0.6 is 23.2 Å². The summed E-state index contributed by atoms with van der Waals surface area (Å²) in [7, 11) is 1.56. The van der Waals surface area contributed by atoms with Crippen molar-refractivity contribution in [1.82, 2.24) is 15.4 Å². The number of halogens is 2. The van der Waals surface area contributed by atoms with Crippen LogP contribution in [0.4, 0.5) is 17.3 Å². The number of ether oxygens (including phenoxy) is 2. The third-order valence-corrected chi connectivity index (χ3v) is 3.93. The molecule has 11 nitrogen and oxygen atoms in total. The predicted octanol–water partition coefficient (Wildman–Crippen LogP) is 2.66. The smallest absolute Gasteiger partial charge is 0.354 e. The summed E-state index contributed by atoms with van der Waals surface area (Å²) < 4.78 is 10.2. The van der Waals surface area contributed by atoms with Crippen LogP contribution in [-0.2, 0) is 9.53 Å². The highest BCUT2D eigenvalue weighted by Gasteiger charge is 2.23. The summed E-state index contributed by atoms with van der Waals surface area (Å²) in [6, 6.07) is 4.55. The molecule has 0 unspecified atom stereocenters. The third-order valence-electron chi connectivity index (χ3n) is 3.40. The van der Waals surface area contributed by atoms with Crippen LogP contribution in [0, 0.1) is 10.1 Å². The van der Waals surface area contributed by atoms with Gasteiger partial charge in [-0.15, -0.1) is 0 Å². The number of benzene rings is 1. The number of nitrogens with zero attached hydrogens (tertiary/aromatic N) is 3. The number of hydrogen-bond acceptors (Lipinski definition) is 9. The minimum atomic E-state index is -0.656. The molecule has 0 fully saturated rings. The normalized spacial score (nSPS) is 10.3. The SMILES string of the molecule is COCCCNc1ncnc(NNC(=O)COc2ccc(Cl)cc2Cl)c1[N+](=O)[O-]. The summed E-state index contributed by atoms with van der Waals surface area (Å²) >= 11 is 11.7. The molecule has 0 saturated heterocycles. The number of anilines is 2. The van der Waals surface area contributed by atoms with Gasteiger partial charge in [-0.3, -0.25) is 25.8 Å². The van der Waals surface area contributed by atoms with Gasteiger partial charge in [0.1, 0.15) is 12.1 Å². The maximum absolute atomic E-state index is 12.0. The molecule has 1 amide bonds. The number of rotatable bonds is 11. The maximum Gasteiger partial charge on any atom is 0.354 e. The average Bonchev–Trinajstić information content (AvgIpc) is 2.68. The zero-order valence-corrected chi connectivity index (χ0v) is 16.8. The Morgan fingerprint density at radius 1 is 1.28 bits per heavy atom. The third kappa shape index (κ3) is 6.89. The Labute approximate surface area is 175 Å². The largest absolute Gasteiger partial charge is 0.482 e. The highest BCUT2D eigenvalue weighted by Crippen LogP contribution is 2.29. The summed E-state index contributed by atoms with van der Waals surface area (Å²) in [6.07, 6.45) is 1.76. The summed E-state index contributed by atoms with van der Waals surface area (Å²) in [5, 5.41) is 14.9. The van der Waals surface area contributed by atoms with E-state index >= 15 is 0 Å². The van der Waals surface area contributed by atoms with Crippen LogP contribution < -0.4 is 20.9 Å². The molecule has 1 heterocycles. The first-order valence-corrected chi connectivity index (χ1v) is 9.03. The van der Waals surface area contributed by atoms with Crippen molar-refractivity contribution in [1.29, 1.82) is 0 Å². The molecular formula is C16H18Cl2N6O5. The van der Waals surface area contributed by atoms with Crippen molar-refractivity contribution >= 4 is 46.4 Å². The summed E-state index contributed by atoms with van der Waals surface area (Å²) in [4.78, 5) is 30.4. The Bertz CT molecular complexity index is 870. The van der Waals surface area contributed by atoms with Crippen molar-refractivity contribution in [2.24, 2.45) is 0 Å². The lowest BCUT2D eigenvalue weighted by Gasteiger charge is -2.11. The lowest BCUT2D eigenvalue weighted by Crippen LogP contribution is -2.34. The lowest BCUT2D eigenvalue weighted by atomic mass is 10.3. The molecule has 1 aromatic heterocycles. The average molecular weight is 445 g/mol. The zero-order chi connectivity index (χ0) is 21.2. The highest BCUT2D eigenvalue weighted by molar-refractivity contribution is 6.35. The second kappa shape index (κ2) is 11.2. The van der Waals surface area contributed by atoms with Crippen LogP contribution in [-0.4, -0.2) is 47.7 Å². The quantitative estimate of drug-likeness (QED) is 0.270. The van der Waals surface area contributed by atoms with Crippen molar-refractivity contribution in [3.8, 4) is 5.75 Å². The van der Waals surface area contributed by atoms with Crippen molar-refractivity contribution in [2.45, 2.75) is 6.42 Å². The molecule has 2 aromatic rings. The zero-order valence-electron chi connectivity index (χ0n) is 15.3. The Morgan fingerprint density at radius 3 is 2.72 bits per heavy atom. The van der Waals surface area contributed by atoms with Crippen LogP contribution in [0.25, 0.3) is 0 Å². The summed E-state index contributed by atoms with van der Waals surface area (Å²) in [5.41, 5.74) is 4.27. The Morgan fingerprint density at radius 2 is 2.03 bits per heavy atom. The maximum atomic E-state index is 12.0. The molecule has 0 spiro atoms. The fourth-order valence-electron chi connectivity index (χ4n) is 2.10. The van der Waals surface area contributed by atoms with Crippen LogP contribution in [0.15, 0.2) is 24.5 Å². The van der Waals surface area contributed by atoms with Gasteiger partial charge in [-0.05, 0) is 24.6 Å². The van der Waals surface area contributed by atoms with E-state index in [0.29, 0.717) is 24.6 Å². The second-order valence-corrected chi connectivity index (χ2v) is 6.33. The fourth-order valence-corrected chi connectivity index (χ4v) is 2.56. The molecule has 0 aliphatic rings. The first-order valence-electron chi connectivity index (χ1n) is 8.27. The van der Waals surface area contributed by atoms with E-state index in [1.165, 1.54) is 12.1 Å². The number of hydrogen-bond donors (Lipinski definition) is 3. The predicted molar refractivity (Wildman–Crippen MR) is 107 cm³/mol. The highest BCUT2D eigenvalue weighted by atomic mass is 35.5. The van der Waals surface area contributed by atoms with Crippen LogP contribution in [0.5, 0.6) is 5.75 Å². The number of nitrogens with one attached hydrogen (secondary N) is 3. The molecule has 13 heteroatoms. The molecule has 0 saturated carbocycles. The minimum absolute atomic E-state index is 0.0158. The number of carbonyl (C=O) groups is 1. The van der Waals surface area contributed by atoms with Gasteiger partial charge in [-0.2, -0.15) is 0 Å². The number of carbonyl (C=O) groups excluding carboxylic acids is 1. The number of nitro groups is 1. The van der Waals surface area contributed by atoms with E-state index < -0.39 is 23.1 Å². The van der Waals surface area contributed by atoms with Crippen LogP contribution in [0.2, 0.25) is 10.0 Å². The van der Waals surface area contributed by atoms with Crippen molar-refractivity contribution in [3.05, 3.63) is 44.7 Å². The first kappa shape index (κ1) is 22.4.